The third-order valence-corrected chi connectivity index (χ3v) is 8.48. The molecule has 2 aromatic rings. The van der Waals surface area contributed by atoms with E-state index in [0.717, 1.165) is 72.8 Å². The van der Waals surface area contributed by atoms with E-state index >= 15 is 0 Å². The second kappa shape index (κ2) is 11.9. The predicted molar refractivity (Wildman–Crippen MR) is 134 cm³/mol. The highest BCUT2D eigenvalue weighted by Gasteiger charge is 2.25. The van der Waals surface area contributed by atoms with E-state index in [1.54, 1.807) is 0 Å². The Balaban J connectivity index is 1.13. The van der Waals surface area contributed by atoms with E-state index in [2.05, 4.69) is 25.1 Å². The number of carbonyl (C=O) groups excluding carboxylic acids is 1. The van der Waals surface area contributed by atoms with Gasteiger partial charge in [0.1, 0.15) is 10.0 Å². The van der Waals surface area contributed by atoms with Crippen molar-refractivity contribution in [2.45, 2.75) is 71.1 Å². The van der Waals surface area contributed by atoms with E-state index in [1.165, 1.54) is 41.9 Å². The van der Waals surface area contributed by atoms with Crippen molar-refractivity contribution in [1.82, 2.24) is 20.1 Å². The van der Waals surface area contributed by atoms with Crippen LogP contribution >= 0.6 is 22.7 Å². The number of amides is 1. The minimum Gasteiger partial charge on any atom is -0.464 e. The topological polar surface area (TPSA) is 80.6 Å². The zero-order valence-corrected chi connectivity index (χ0v) is 22.0. The van der Waals surface area contributed by atoms with Gasteiger partial charge in [-0.25, -0.2) is 18.8 Å². The molecule has 1 fully saturated rings. The van der Waals surface area contributed by atoms with E-state index in [1.807, 2.05) is 13.1 Å². The first-order chi connectivity index (χ1) is 16.7. The van der Waals surface area contributed by atoms with E-state index in [-0.39, 0.29) is 12.3 Å². The Labute approximate surface area is 213 Å². The minimum atomic E-state index is -2.84. The van der Waals surface area contributed by atoms with E-state index < -0.39 is 12.5 Å². The second-order valence-corrected chi connectivity index (χ2v) is 12.0. The summed E-state index contributed by atoms with van der Waals surface area (Å²) in [7, 11) is 0. The number of fused-ring (bicyclic) bond motifs is 1. The molecule has 35 heavy (non-hydrogen) atoms. The van der Waals surface area contributed by atoms with Crippen LogP contribution in [0, 0.1) is 18.8 Å². The lowest BCUT2D eigenvalue weighted by Gasteiger charge is -2.28. The molecule has 0 atom stereocenters. The second-order valence-electron chi connectivity index (χ2n) is 9.68. The molecule has 4 rings (SSSR count). The normalized spacial score (nSPS) is 21.7. The van der Waals surface area contributed by atoms with Crippen molar-refractivity contribution >= 4 is 34.8 Å². The van der Waals surface area contributed by atoms with Gasteiger partial charge in [-0.1, -0.05) is 11.3 Å². The number of rotatable bonds is 9. The van der Waals surface area contributed by atoms with Gasteiger partial charge >= 0.3 is 0 Å². The molecule has 1 amide bonds. The largest absolute Gasteiger partial charge is 0.464 e. The number of halogens is 2. The number of aryl methyl sites for hydroxylation is 1. The zero-order chi connectivity index (χ0) is 24.8. The maximum absolute atomic E-state index is 13.0. The van der Waals surface area contributed by atoms with Crippen molar-refractivity contribution in [2.75, 3.05) is 26.2 Å². The van der Waals surface area contributed by atoms with Gasteiger partial charge in [-0.2, -0.15) is 0 Å². The molecule has 0 radical (unpaired) electrons. The lowest BCUT2D eigenvalue weighted by atomic mass is 9.81. The summed E-state index contributed by atoms with van der Waals surface area (Å²) in [4.78, 5) is 24.4. The predicted octanol–water partition coefficient (Wildman–Crippen LogP) is 4.77. The number of ether oxygens (including phenoxy) is 1. The lowest BCUT2D eigenvalue weighted by molar-refractivity contribution is -0.117. The summed E-state index contributed by atoms with van der Waals surface area (Å²) in [5, 5.41) is 9.88. The molecule has 1 aliphatic heterocycles. The number of aliphatic imine (C=N–C) groups is 1. The number of aromatic nitrogens is 3. The summed E-state index contributed by atoms with van der Waals surface area (Å²) >= 11 is 2.85. The van der Waals surface area contributed by atoms with Gasteiger partial charge in [-0.05, 0) is 63.8 Å². The van der Waals surface area contributed by atoms with Crippen LogP contribution in [0.4, 0.5) is 8.78 Å². The lowest BCUT2D eigenvalue weighted by Crippen LogP contribution is -2.29. The molecule has 0 N–H and O–H groups in total. The fourth-order valence-corrected chi connectivity index (χ4v) is 6.27. The Kier molecular flexibility index (Phi) is 8.93. The quantitative estimate of drug-likeness (QED) is 0.439. The van der Waals surface area contributed by atoms with E-state index in [9.17, 15) is 13.6 Å². The Morgan fingerprint density at radius 2 is 1.97 bits per heavy atom. The van der Waals surface area contributed by atoms with Gasteiger partial charge in [-0.3, -0.25) is 4.79 Å². The van der Waals surface area contributed by atoms with Gasteiger partial charge in [0.05, 0.1) is 12.1 Å². The Hall–Kier alpha value is -1.85. The van der Waals surface area contributed by atoms with Crippen molar-refractivity contribution in [3.05, 3.63) is 20.6 Å². The molecule has 1 saturated carbocycles. The van der Waals surface area contributed by atoms with E-state index in [0.29, 0.717) is 17.0 Å². The highest BCUT2D eigenvalue weighted by molar-refractivity contribution is 7.13. The van der Waals surface area contributed by atoms with Crippen LogP contribution < -0.4 is 4.74 Å². The average Bonchev–Trinajstić information content (AvgIpc) is 3.36. The third kappa shape index (κ3) is 8.35. The molecule has 3 heterocycles. The van der Waals surface area contributed by atoms with Crippen molar-refractivity contribution in [3.63, 3.8) is 0 Å². The maximum Gasteiger partial charge on any atom is 0.278 e. The molecule has 0 unspecified atom stereocenters. The van der Waals surface area contributed by atoms with Gasteiger partial charge < -0.3 is 9.64 Å². The van der Waals surface area contributed by atoms with Crippen LogP contribution in [0.2, 0.25) is 0 Å². The maximum atomic E-state index is 13.0. The number of nitrogens with zero attached hydrogens (tertiary/aromatic N) is 5. The molecule has 7 nitrogen and oxygen atoms in total. The third-order valence-electron chi connectivity index (χ3n) is 6.57. The number of thiazole rings is 1. The molecule has 0 spiro atoms. The molecule has 0 saturated heterocycles. The Morgan fingerprint density at radius 1 is 1.20 bits per heavy atom. The van der Waals surface area contributed by atoms with Crippen LogP contribution in [0.3, 0.4) is 0 Å². The summed E-state index contributed by atoms with van der Waals surface area (Å²) in [6.07, 6.45) is 9.52. The molecule has 0 aromatic carbocycles. The summed E-state index contributed by atoms with van der Waals surface area (Å²) in [5.41, 5.74) is 1.00. The molecule has 0 bridgehead atoms. The van der Waals surface area contributed by atoms with Crippen LogP contribution in [-0.2, 0) is 24.1 Å². The van der Waals surface area contributed by atoms with Crippen molar-refractivity contribution < 1.29 is 18.3 Å². The number of hydrogen-bond acceptors (Lipinski definition) is 8. The van der Waals surface area contributed by atoms with Gasteiger partial charge in [0.25, 0.3) is 17.0 Å². The molecular weight excluding hydrogens is 492 g/mol. The van der Waals surface area contributed by atoms with Crippen molar-refractivity contribution in [3.8, 4) is 5.19 Å². The summed E-state index contributed by atoms with van der Waals surface area (Å²) in [6.45, 7) is 5.09. The standard InChI is InChI=1S/C24H33F2N5O2S2/c1-16-29-30-22(34-16)13-21(32)27-14-18-5-3-17(4-6-18)7-10-31-11-8-19-20(9-12-31)35-23(28-19)33-15-24(2,25)26/h14,17-18H,3-13,15H2,1-2H3. The molecule has 1 aliphatic carbocycles. The monoisotopic (exact) mass is 525 g/mol. The van der Waals surface area contributed by atoms with Gasteiger partial charge in [0.15, 0.2) is 6.61 Å². The fraction of sp³-hybridized carbons (Fsp3) is 0.708. The highest BCUT2D eigenvalue weighted by Crippen LogP contribution is 2.32. The Morgan fingerprint density at radius 3 is 2.69 bits per heavy atom. The highest BCUT2D eigenvalue weighted by atomic mass is 32.1. The van der Waals surface area contributed by atoms with Gasteiger partial charge in [0, 0.05) is 37.5 Å². The molecule has 2 aliphatic rings. The molecular formula is C24H33F2N5O2S2. The van der Waals surface area contributed by atoms with Crippen LogP contribution in [0.1, 0.15) is 59.6 Å². The van der Waals surface area contributed by atoms with Crippen LogP contribution in [0.25, 0.3) is 0 Å². The van der Waals surface area contributed by atoms with Gasteiger partial charge in [-0.15, -0.1) is 21.5 Å². The molecule has 2 aromatic heterocycles. The summed E-state index contributed by atoms with van der Waals surface area (Å²) in [6, 6.07) is 0. The average molecular weight is 526 g/mol. The molecule has 11 heteroatoms. The van der Waals surface area contributed by atoms with Gasteiger partial charge in [0.2, 0.25) is 0 Å². The summed E-state index contributed by atoms with van der Waals surface area (Å²) < 4.78 is 31.3. The molecule has 192 valence electrons. The number of carbonyl (C=O) groups is 1. The summed E-state index contributed by atoms with van der Waals surface area (Å²) in [5.74, 6) is -1.89. The SMILES string of the molecule is Cc1nnc(CC(=O)N=CC2CCC(CCN3CCc4nc(OCC(C)(F)F)sc4CC3)CC2)s1. The zero-order valence-electron chi connectivity index (χ0n) is 20.3. The van der Waals surface area contributed by atoms with Crippen LogP contribution in [0.15, 0.2) is 4.99 Å². The number of alkyl halides is 2. The Bertz CT molecular complexity index is 986. The minimum absolute atomic E-state index is 0.144. The van der Waals surface area contributed by atoms with Crippen molar-refractivity contribution in [2.24, 2.45) is 16.8 Å². The first kappa shape index (κ1) is 26.2. The van der Waals surface area contributed by atoms with Crippen LogP contribution in [-0.4, -0.2) is 64.4 Å². The van der Waals surface area contributed by atoms with Crippen LogP contribution in [0.5, 0.6) is 5.19 Å². The van der Waals surface area contributed by atoms with E-state index in [4.69, 9.17) is 4.74 Å². The number of hydrogen-bond donors (Lipinski definition) is 0. The first-order valence-corrected chi connectivity index (χ1v) is 13.9. The smallest absolute Gasteiger partial charge is 0.278 e. The fourth-order valence-electron chi connectivity index (χ4n) is 4.62. The first-order valence-electron chi connectivity index (χ1n) is 12.3. The van der Waals surface area contributed by atoms with Crippen molar-refractivity contribution in [1.29, 1.82) is 0 Å².